The minimum absolute atomic E-state index is 0.362. The topological polar surface area (TPSA) is 17.1 Å². The Balaban J connectivity index is 1.56. The first kappa shape index (κ1) is 12.4. The normalized spacial score (nSPS) is 53.3. The number of Topliss-reactive ketones (excluding diaryl/α,β-unsaturated/α-hetero) is 1. The highest BCUT2D eigenvalue weighted by molar-refractivity contribution is 5.81. The lowest BCUT2D eigenvalue weighted by Gasteiger charge is -2.52. The third-order valence-electron chi connectivity index (χ3n) is 7.35. The molecule has 0 spiro atoms. The summed E-state index contributed by atoms with van der Waals surface area (Å²) in [4.78, 5) is 12.0. The second-order valence-corrected chi connectivity index (χ2v) is 8.07. The predicted octanol–water partition coefficient (Wildman–Crippen LogP) is 4.45. The zero-order chi connectivity index (χ0) is 13.0. The quantitative estimate of drug-likeness (QED) is 0.628. The Bertz CT molecular complexity index is 374. The molecule has 4 aliphatic carbocycles. The van der Waals surface area contributed by atoms with Crippen molar-refractivity contribution in [2.45, 2.75) is 64.7 Å². The summed E-state index contributed by atoms with van der Waals surface area (Å²) in [6.45, 7) is 2.18. The second kappa shape index (κ2) is 4.60. The van der Waals surface area contributed by atoms with E-state index in [0.717, 1.165) is 41.9 Å². The highest BCUT2D eigenvalue weighted by Gasteiger charge is 2.50. The van der Waals surface area contributed by atoms with Crippen LogP contribution in [0.15, 0.2) is 0 Å². The number of ketones is 1. The van der Waals surface area contributed by atoms with Crippen molar-refractivity contribution in [2.24, 2.45) is 41.4 Å². The summed E-state index contributed by atoms with van der Waals surface area (Å²) in [7, 11) is 0. The number of hydrogen-bond donors (Lipinski definition) is 0. The standard InChI is InChI=1S/C18H28O/c1-11-9-17-13(10-18(11)19)6-8-15-14-4-2-3-12(14)5-7-16(15)17/h11-17H,2-10H2,1H3. The zero-order valence-electron chi connectivity index (χ0n) is 12.3. The van der Waals surface area contributed by atoms with Gasteiger partial charge >= 0.3 is 0 Å². The average molecular weight is 260 g/mol. The van der Waals surface area contributed by atoms with Gasteiger partial charge in [0.25, 0.3) is 0 Å². The number of carbonyl (C=O) groups is 1. The smallest absolute Gasteiger partial charge is 0.135 e. The van der Waals surface area contributed by atoms with Gasteiger partial charge in [0.2, 0.25) is 0 Å². The summed E-state index contributed by atoms with van der Waals surface area (Å²) < 4.78 is 0. The molecule has 4 fully saturated rings. The number of rotatable bonds is 0. The van der Waals surface area contributed by atoms with Crippen LogP contribution in [0.4, 0.5) is 0 Å². The maximum absolute atomic E-state index is 12.0. The first-order valence-electron chi connectivity index (χ1n) is 8.76. The van der Waals surface area contributed by atoms with Crippen molar-refractivity contribution in [3.63, 3.8) is 0 Å². The highest BCUT2D eigenvalue weighted by atomic mass is 16.1. The van der Waals surface area contributed by atoms with Gasteiger partial charge in [0, 0.05) is 12.3 Å². The molecule has 1 heteroatoms. The molecule has 0 radical (unpaired) electrons. The first-order chi connectivity index (χ1) is 9.24. The molecule has 7 atom stereocenters. The molecular formula is C18H28O. The second-order valence-electron chi connectivity index (χ2n) is 8.07. The predicted molar refractivity (Wildman–Crippen MR) is 76.7 cm³/mol. The molecule has 0 bridgehead atoms. The van der Waals surface area contributed by atoms with Crippen molar-refractivity contribution in [2.75, 3.05) is 0 Å². The van der Waals surface area contributed by atoms with Crippen LogP contribution in [0.2, 0.25) is 0 Å². The van der Waals surface area contributed by atoms with Gasteiger partial charge in [-0.2, -0.15) is 0 Å². The van der Waals surface area contributed by atoms with Crippen LogP contribution in [-0.4, -0.2) is 5.78 Å². The molecule has 0 saturated heterocycles. The molecule has 0 amide bonds. The van der Waals surface area contributed by atoms with E-state index in [1.807, 2.05) is 0 Å². The minimum Gasteiger partial charge on any atom is -0.299 e. The van der Waals surface area contributed by atoms with E-state index in [2.05, 4.69) is 6.92 Å². The number of fused-ring (bicyclic) bond motifs is 5. The monoisotopic (exact) mass is 260 g/mol. The van der Waals surface area contributed by atoms with Crippen LogP contribution in [0.25, 0.3) is 0 Å². The van der Waals surface area contributed by atoms with Gasteiger partial charge in [0.05, 0.1) is 0 Å². The van der Waals surface area contributed by atoms with Crippen molar-refractivity contribution >= 4 is 5.78 Å². The fourth-order valence-electron chi connectivity index (χ4n) is 6.48. The summed E-state index contributed by atoms with van der Waals surface area (Å²) >= 11 is 0. The van der Waals surface area contributed by atoms with E-state index in [1.165, 1.54) is 51.4 Å². The molecule has 0 aromatic rings. The van der Waals surface area contributed by atoms with Gasteiger partial charge in [0.15, 0.2) is 0 Å². The van der Waals surface area contributed by atoms with E-state index in [4.69, 9.17) is 0 Å². The SMILES string of the molecule is CC1CC2C(CCC3C4CCCC4CCC23)CC1=O. The molecule has 0 N–H and O–H groups in total. The Morgan fingerprint density at radius 2 is 1.53 bits per heavy atom. The molecule has 4 rings (SSSR count). The molecule has 1 nitrogen and oxygen atoms in total. The fourth-order valence-corrected chi connectivity index (χ4v) is 6.48. The van der Waals surface area contributed by atoms with E-state index >= 15 is 0 Å². The Labute approximate surface area is 117 Å². The molecule has 0 aromatic carbocycles. The molecule has 19 heavy (non-hydrogen) atoms. The molecule has 106 valence electrons. The third-order valence-corrected chi connectivity index (χ3v) is 7.35. The van der Waals surface area contributed by atoms with Gasteiger partial charge in [0.1, 0.15) is 5.78 Å². The fraction of sp³-hybridized carbons (Fsp3) is 0.944. The van der Waals surface area contributed by atoms with Crippen LogP contribution < -0.4 is 0 Å². The van der Waals surface area contributed by atoms with Crippen molar-refractivity contribution in [3.8, 4) is 0 Å². The Hall–Kier alpha value is -0.330. The summed E-state index contributed by atoms with van der Waals surface area (Å²) in [5, 5.41) is 0. The molecule has 0 aromatic heterocycles. The molecule has 4 aliphatic rings. The highest BCUT2D eigenvalue weighted by Crippen LogP contribution is 2.57. The molecule has 0 heterocycles. The van der Waals surface area contributed by atoms with Crippen LogP contribution in [0, 0.1) is 41.4 Å². The zero-order valence-corrected chi connectivity index (χ0v) is 12.3. The largest absolute Gasteiger partial charge is 0.299 e. The average Bonchev–Trinajstić information content (AvgIpc) is 2.88. The number of hydrogen-bond acceptors (Lipinski definition) is 1. The summed E-state index contributed by atoms with van der Waals surface area (Å²) in [5.74, 6) is 6.80. The third kappa shape index (κ3) is 1.91. The van der Waals surface area contributed by atoms with Crippen LogP contribution in [0.5, 0.6) is 0 Å². The van der Waals surface area contributed by atoms with E-state index in [9.17, 15) is 4.79 Å². The molecule has 4 saturated carbocycles. The van der Waals surface area contributed by atoms with Gasteiger partial charge in [-0.15, -0.1) is 0 Å². The maximum atomic E-state index is 12.0. The summed E-state index contributed by atoms with van der Waals surface area (Å²) in [5.41, 5.74) is 0. The number of carbonyl (C=O) groups excluding carboxylic acids is 1. The van der Waals surface area contributed by atoms with Gasteiger partial charge in [-0.1, -0.05) is 19.8 Å². The lowest BCUT2D eigenvalue weighted by atomic mass is 9.53. The summed E-state index contributed by atoms with van der Waals surface area (Å²) in [6, 6.07) is 0. The van der Waals surface area contributed by atoms with Crippen molar-refractivity contribution in [1.82, 2.24) is 0 Å². The van der Waals surface area contributed by atoms with E-state index in [0.29, 0.717) is 11.7 Å². The molecular weight excluding hydrogens is 232 g/mol. The lowest BCUT2D eigenvalue weighted by Crippen LogP contribution is -2.46. The van der Waals surface area contributed by atoms with Crippen LogP contribution >= 0.6 is 0 Å². The molecule has 0 aliphatic heterocycles. The first-order valence-corrected chi connectivity index (χ1v) is 8.76. The Kier molecular flexibility index (Phi) is 3.01. The van der Waals surface area contributed by atoms with E-state index in [-0.39, 0.29) is 0 Å². The molecule has 7 unspecified atom stereocenters. The van der Waals surface area contributed by atoms with Crippen LogP contribution in [-0.2, 0) is 4.79 Å². The van der Waals surface area contributed by atoms with Crippen molar-refractivity contribution in [1.29, 1.82) is 0 Å². The minimum atomic E-state index is 0.362. The van der Waals surface area contributed by atoms with Crippen LogP contribution in [0.3, 0.4) is 0 Å². The van der Waals surface area contributed by atoms with Gasteiger partial charge in [-0.3, -0.25) is 4.79 Å². The van der Waals surface area contributed by atoms with E-state index < -0.39 is 0 Å². The maximum Gasteiger partial charge on any atom is 0.135 e. The Morgan fingerprint density at radius 3 is 2.37 bits per heavy atom. The van der Waals surface area contributed by atoms with Gasteiger partial charge in [-0.25, -0.2) is 0 Å². The van der Waals surface area contributed by atoms with Crippen LogP contribution in [0.1, 0.15) is 64.7 Å². The van der Waals surface area contributed by atoms with Gasteiger partial charge < -0.3 is 0 Å². The van der Waals surface area contributed by atoms with Crippen molar-refractivity contribution in [3.05, 3.63) is 0 Å². The Morgan fingerprint density at radius 1 is 0.789 bits per heavy atom. The summed E-state index contributed by atoms with van der Waals surface area (Å²) in [6.07, 6.45) is 12.5. The lowest BCUT2D eigenvalue weighted by molar-refractivity contribution is -0.131. The van der Waals surface area contributed by atoms with Gasteiger partial charge in [-0.05, 0) is 74.0 Å². The van der Waals surface area contributed by atoms with Crippen molar-refractivity contribution < 1.29 is 4.79 Å². The van der Waals surface area contributed by atoms with E-state index in [1.54, 1.807) is 0 Å².